The number of Topliss-reactive ketones (excluding diaryl/α,β-unsaturated/α-hetero) is 1. The summed E-state index contributed by atoms with van der Waals surface area (Å²) in [6.45, 7) is 1.93. The topological polar surface area (TPSA) is 81.7 Å². The summed E-state index contributed by atoms with van der Waals surface area (Å²) in [4.78, 5) is 37.2. The van der Waals surface area contributed by atoms with Crippen molar-refractivity contribution in [3.63, 3.8) is 0 Å². The summed E-state index contributed by atoms with van der Waals surface area (Å²) in [5, 5.41) is 3.30. The van der Waals surface area contributed by atoms with Gasteiger partial charge in [-0.05, 0) is 49.2 Å². The highest BCUT2D eigenvalue weighted by molar-refractivity contribution is 6.32. The molecule has 0 aliphatic carbocycles. The van der Waals surface area contributed by atoms with Crippen LogP contribution in [0.25, 0.3) is 0 Å². The highest BCUT2D eigenvalue weighted by Gasteiger charge is 2.23. The van der Waals surface area contributed by atoms with Gasteiger partial charge >= 0.3 is 5.97 Å². The monoisotopic (exact) mass is 493 g/mol. The molecule has 182 valence electrons. The minimum atomic E-state index is -0.810. The summed E-state index contributed by atoms with van der Waals surface area (Å²) >= 11 is 6.10. The molecule has 3 rings (SSSR count). The van der Waals surface area contributed by atoms with Crippen LogP contribution in [-0.2, 0) is 14.3 Å². The van der Waals surface area contributed by atoms with E-state index < -0.39 is 12.1 Å². The maximum Gasteiger partial charge on any atom is 0.306 e. The van der Waals surface area contributed by atoms with Gasteiger partial charge in [-0.1, -0.05) is 67.4 Å². The van der Waals surface area contributed by atoms with Gasteiger partial charge < -0.3 is 14.8 Å². The van der Waals surface area contributed by atoms with Gasteiger partial charge in [0.25, 0.3) is 0 Å². The number of benzene rings is 3. The fourth-order valence-corrected chi connectivity index (χ4v) is 3.56. The van der Waals surface area contributed by atoms with Crippen LogP contribution in [0.2, 0.25) is 5.02 Å². The third kappa shape index (κ3) is 8.26. The Labute approximate surface area is 210 Å². The van der Waals surface area contributed by atoms with E-state index in [1.165, 1.54) is 0 Å². The molecule has 3 aromatic carbocycles. The summed E-state index contributed by atoms with van der Waals surface area (Å²) in [5.41, 5.74) is 1.13. The first kappa shape index (κ1) is 26.0. The number of nitrogens with one attached hydrogen (secondary N) is 1. The number of hydrogen-bond donors (Lipinski definition) is 1. The molecule has 3 aromatic rings. The summed E-state index contributed by atoms with van der Waals surface area (Å²) in [5.74, 6) is 0.222. The van der Waals surface area contributed by atoms with E-state index in [-0.39, 0.29) is 24.5 Å². The molecule has 0 aromatic heterocycles. The van der Waals surface area contributed by atoms with Crippen LogP contribution in [0.1, 0.15) is 49.4 Å². The van der Waals surface area contributed by atoms with Gasteiger partial charge in [0.1, 0.15) is 11.5 Å². The molecule has 0 saturated carbocycles. The highest BCUT2D eigenvalue weighted by atomic mass is 35.5. The van der Waals surface area contributed by atoms with Crippen LogP contribution in [0, 0.1) is 0 Å². The van der Waals surface area contributed by atoms with Crippen molar-refractivity contribution in [1.82, 2.24) is 0 Å². The lowest BCUT2D eigenvalue weighted by atomic mass is 10.0. The number of ether oxygens (including phenoxy) is 2. The standard InChI is InChI=1S/C28H28ClNO5/c1-2-9-25(28(33)20-10-4-3-5-11-20)35-27(32)15-8-14-26(31)30-21-16-18-22(19-17-21)34-24-13-7-6-12-23(24)29/h3-7,10-13,16-19,25H,2,8-9,14-15H2,1H3,(H,30,31). The second-order valence-electron chi connectivity index (χ2n) is 7.96. The van der Waals surface area contributed by atoms with Crippen LogP contribution >= 0.6 is 11.6 Å². The zero-order valence-corrected chi connectivity index (χ0v) is 20.3. The van der Waals surface area contributed by atoms with Gasteiger partial charge in [-0.25, -0.2) is 0 Å². The molecule has 35 heavy (non-hydrogen) atoms. The highest BCUT2D eigenvalue weighted by Crippen LogP contribution is 2.29. The number of rotatable bonds is 12. The van der Waals surface area contributed by atoms with Crippen LogP contribution in [0.4, 0.5) is 5.69 Å². The van der Waals surface area contributed by atoms with Gasteiger partial charge in [-0.15, -0.1) is 0 Å². The Balaban J connectivity index is 1.42. The van der Waals surface area contributed by atoms with E-state index in [4.69, 9.17) is 21.1 Å². The predicted molar refractivity (Wildman–Crippen MR) is 136 cm³/mol. The Morgan fingerprint density at radius 2 is 1.57 bits per heavy atom. The van der Waals surface area contributed by atoms with Gasteiger partial charge in [0, 0.05) is 24.1 Å². The van der Waals surface area contributed by atoms with Crippen LogP contribution in [0.3, 0.4) is 0 Å². The van der Waals surface area contributed by atoms with Crippen molar-refractivity contribution in [1.29, 1.82) is 0 Å². The normalized spacial score (nSPS) is 11.4. The van der Waals surface area contributed by atoms with Gasteiger partial charge in [-0.3, -0.25) is 14.4 Å². The molecule has 0 aliphatic rings. The van der Waals surface area contributed by atoms with Crippen LogP contribution in [0.5, 0.6) is 11.5 Å². The van der Waals surface area contributed by atoms with Gasteiger partial charge in [0.15, 0.2) is 6.10 Å². The van der Waals surface area contributed by atoms with Gasteiger partial charge in [-0.2, -0.15) is 0 Å². The van der Waals surface area contributed by atoms with Crippen LogP contribution < -0.4 is 10.1 Å². The zero-order chi connectivity index (χ0) is 25.0. The Kier molecular flexibility index (Phi) is 9.87. The number of halogens is 1. The fourth-order valence-electron chi connectivity index (χ4n) is 3.39. The molecule has 1 N–H and O–H groups in total. The lowest BCUT2D eigenvalue weighted by molar-refractivity contribution is -0.147. The molecule has 0 spiro atoms. The molecule has 0 heterocycles. The first-order valence-electron chi connectivity index (χ1n) is 11.6. The van der Waals surface area contributed by atoms with E-state index in [0.29, 0.717) is 47.0 Å². The van der Waals surface area contributed by atoms with Crippen LogP contribution in [0.15, 0.2) is 78.9 Å². The maximum atomic E-state index is 12.6. The summed E-state index contributed by atoms with van der Waals surface area (Å²) < 4.78 is 11.2. The van der Waals surface area contributed by atoms with Crippen molar-refractivity contribution in [3.8, 4) is 11.5 Å². The molecule has 1 unspecified atom stereocenters. The minimum absolute atomic E-state index is 0.0559. The molecule has 0 radical (unpaired) electrons. The average molecular weight is 494 g/mol. The van der Waals surface area contributed by atoms with Crippen molar-refractivity contribution in [2.45, 2.75) is 45.1 Å². The van der Waals surface area contributed by atoms with E-state index in [1.54, 1.807) is 60.7 Å². The third-order valence-electron chi connectivity index (χ3n) is 5.16. The minimum Gasteiger partial charge on any atom is -0.456 e. The second kappa shape index (κ2) is 13.3. The zero-order valence-electron chi connectivity index (χ0n) is 19.5. The fraction of sp³-hybridized carbons (Fsp3) is 0.250. The van der Waals surface area contributed by atoms with E-state index in [9.17, 15) is 14.4 Å². The molecule has 0 bridgehead atoms. The summed E-state index contributed by atoms with van der Waals surface area (Å²) in [7, 11) is 0. The number of hydrogen-bond acceptors (Lipinski definition) is 5. The van der Waals surface area contributed by atoms with Crippen LogP contribution in [-0.4, -0.2) is 23.8 Å². The smallest absolute Gasteiger partial charge is 0.306 e. The van der Waals surface area contributed by atoms with Crippen molar-refractivity contribution in [2.75, 3.05) is 5.32 Å². The molecule has 7 heteroatoms. The van der Waals surface area contributed by atoms with Gasteiger partial charge in [0.05, 0.1) is 5.02 Å². The number of amides is 1. The molecule has 0 aliphatic heterocycles. The largest absolute Gasteiger partial charge is 0.456 e. The Morgan fingerprint density at radius 1 is 0.886 bits per heavy atom. The SMILES string of the molecule is CCCC(OC(=O)CCCC(=O)Nc1ccc(Oc2ccccc2Cl)cc1)C(=O)c1ccccc1. The number of esters is 1. The Morgan fingerprint density at radius 3 is 2.26 bits per heavy atom. The number of anilines is 1. The summed E-state index contributed by atoms with van der Waals surface area (Å²) in [6.07, 6.45) is 0.877. The molecule has 6 nitrogen and oxygen atoms in total. The maximum absolute atomic E-state index is 12.6. The molecule has 0 fully saturated rings. The first-order valence-corrected chi connectivity index (χ1v) is 11.9. The van der Waals surface area contributed by atoms with E-state index in [0.717, 1.165) is 0 Å². The van der Waals surface area contributed by atoms with Crippen molar-refractivity contribution in [3.05, 3.63) is 89.4 Å². The molecular formula is C28H28ClNO5. The molecule has 0 saturated heterocycles. The second-order valence-corrected chi connectivity index (χ2v) is 8.36. The molecular weight excluding hydrogens is 466 g/mol. The average Bonchev–Trinajstić information content (AvgIpc) is 2.86. The number of carbonyl (C=O) groups excluding carboxylic acids is 3. The lowest BCUT2D eigenvalue weighted by Crippen LogP contribution is -2.27. The van der Waals surface area contributed by atoms with Crippen molar-refractivity contribution in [2.24, 2.45) is 0 Å². The van der Waals surface area contributed by atoms with E-state index in [2.05, 4.69) is 5.32 Å². The van der Waals surface area contributed by atoms with Crippen molar-refractivity contribution < 1.29 is 23.9 Å². The van der Waals surface area contributed by atoms with E-state index in [1.807, 2.05) is 25.1 Å². The van der Waals surface area contributed by atoms with Gasteiger partial charge in [0.2, 0.25) is 11.7 Å². The third-order valence-corrected chi connectivity index (χ3v) is 5.47. The summed E-state index contributed by atoms with van der Waals surface area (Å²) in [6, 6.07) is 22.9. The Bertz CT molecular complexity index is 1130. The predicted octanol–water partition coefficient (Wildman–Crippen LogP) is 6.84. The quantitative estimate of drug-likeness (QED) is 0.221. The van der Waals surface area contributed by atoms with Crippen molar-refractivity contribution >= 4 is 34.9 Å². The number of ketones is 1. The first-order chi connectivity index (χ1) is 17.0. The molecule has 1 atom stereocenters. The number of carbonyl (C=O) groups is 3. The van der Waals surface area contributed by atoms with E-state index >= 15 is 0 Å². The lowest BCUT2D eigenvalue weighted by Gasteiger charge is -2.16. The molecule has 1 amide bonds. The number of para-hydroxylation sites is 1. The Hall–Kier alpha value is -3.64.